The van der Waals surface area contributed by atoms with Crippen LogP contribution in [0.15, 0.2) is 0 Å². The van der Waals surface area contributed by atoms with Gasteiger partial charge in [-0.05, 0) is 14.0 Å². The minimum absolute atomic E-state index is 0.0139. The molecule has 4 heteroatoms. The van der Waals surface area contributed by atoms with Crippen molar-refractivity contribution < 1.29 is 4.79 Å². The summed E-state index contributed by atoms with van der Waals surface area (Å²) < 4.78 is 0. The standard InChI is InChI=1S/C6H14N2OS/c1-3-8-6(9)5(4-10)7-2/h5,7,10H,3-4H2,1-2H3,(H,8,9). The summed E-state index contributed by atoms with van der Waals surface area (Å²) in [5, 5.41) is 5.54. The normalized spacial score (nSPS) is 12.7. The van der Waals surface area contributed by atoms with Crippen molar-refractivity contribution in [2.45, 2.75) is 13.0 Å². The fraction of sp³-hybridized carbons (Fsp3) is 0.833. The zero-order valence-electron chi connectivity index (χ0n) is 6.35. The molecule has 0 rings (SSSR count). The smallest absolute Gasteiger partial charge is 0.237 e. The number of nitrogens with one attached hydrogen (secondary N) is 2. The van der Waals surface area contributed by atoms with Gasteiger partial charge in [0.2, 0.25) is 5.91 Å². The predicted octanol–water partition coefficient (Wildman–Crippen LogP) is -0.360. The van der Waals surface area contributed by atoms with Gasteiger partial charge < -0.3 is 10.6 Å². The fourth-order valence-corrected chi connectivity index (χ4v) is 0.951. The van der Waals surface area contributed by atoms with E-state index in [0.717, 1.165) is 0 Å². The maximum atomic E-state index is 11.0. The quantitative estimate of drug-likeness (QED) is 0.494. The van der Waals surface area contributed by atoms with Crippen LogP contribution >= 0.6 is 12.6 Å². The lowest BCUT2D eigenvalue weighted by atomic mass is 10.3. The van der Waals surface area contributed by atoms with Gasteiger partial charge >= 0.3 is 0 Å². The van der Waals surface area contributed by atoms with E-state index in [4.69, 9.17) is 0 Å². The van der Waals surface area contributed by atoms with Crippen molar-refractivity contribution in [3.8, 4) is 0 Å². The molecule has 0 aromatic carbocycles. The van der Waals surface area contributed by atoms with E-state index in [2.05, 4.69) is 23.3 Å². The second-order valence-corrected chi connectivity index (χ2v) is 2.28. The number of hydrogen-bond donors (Lipinski definition) is 3. The Morgan fingerprint density at radius 2 is 2.30 bits per heavy atom. The summed E-state index contributed by atoms with van der Waals surface area (Å²) in [5.74, 6) is 0.544. The average molecular weight is 162 g/mol. The van der Waals surface area contributed by atoms with Gasteiger partial charge in [-0.2, -0.15) is 12.6 Å². The summed E-state index contributed by atoms with van der Waals surface area (Å²) in [7, 11) is 1.75. The Hall–Kier alpha value is -0.220. The lowest BCUT2D eigenvalue weighted by Crippen LogP contribution is -2.43. The van der Waals surface area contributed by atoms with Crippen LogP contribution < -0.4 is 10.6 Å². The molecule has 10 heavy (non-hydrogen) atoms. The summed E-state index contributed by atoms with van der Waals surface area (Å²) in [6, 6.07) is -0.164. The monoisotopic (exact) mass is 162 g/mol. The fourth-order valence-electron chi connectivity index (χ4n) is 0.603. The molecule has 1 unspecified atom stereocenters. The molecule has 0 saturated heterocycles. The third-order valence-electron chi connectivity index (χ3n) is 1.20. The highest BCUT2D eigenvalue weighted by molar-refractivity contribution is 7.80. The summed E-state index contributed by atoms with van der Waals surface area (Å²) >= 11 is 4.00. The predicted molar refractivity (Wildman–Crippen MR) is 45.4 cm³/mol. The van der Waals surface area contributed by atoms with Gasteiger partial charge in [0, 0.05) is 12.3 Å². The summed E-state index contributed by atoms with van der Waals surface area (Å²) in [4.78, 5) is 11.0. The minimum Gasteiger partial charge on any atom is -0.355 e. The molecule has 1 amide bonds. The van der Waals surface area contributed by atoms with Crippen molar-refractivity contribution in [3.05, 3.63) is 0 Å². The van der Waals surface area contributed by atoms with Crippen LogP contribution in [-0.2, 0) is 4.79 Å². The summed E-state index contributed by atoms with van der Waals surface area (Å²) in [5.41, 5.74) is 0. The van der Waals surface area contributed by atoms with E-state index < -0.39 is 0 Å². The maximum absolute atomic E-state index is 11.0. The van der Waals surface area contributed by atoms with Gasteiger partial charge in [0.1, 0.15) is 0 Å². The van der Waals surface area contributed by atoms with E-state index in [9.17, 15) is 4.79 Å². The topological polar surface area (TPSA) is 41.1 Å². The van der Waals surface area contributed by atoms with Crippen LogP contribution in [0.4, 0.5) is 0 Å². The lowest BCUT2D eigenvalue weighted by Gasteiger charge is -2.11. The van der Waals surface area contributed by atoms with Crippen LogP contribution in [-0.4, -0.2) is 31.3 Å². The molecule has 0 aliphatic heterocycles. The molecule has 0 spiro atoms. The molecule has 60 valence electrons. The van der Waals surface area contributed by atoms with Crippen LogP contribution in [0.25, 0.3) is 0 Å². The van der Waals surface area contributed by atoms with Crippen molar-refractivity contribution in [3.63, 3.8) is 0 Å². The highest BCUT2D eigenvalue weighted by atomic mass is 32.1. The number of likely N-dealkylation sites (N-methyl/N-ethyl adjacent to an activating group) is 2. The van der Waals surface area contributed by atoms with Crippen LogP contribution in [0.2, 0.25) is 0 Å². The minimum atomic E-state index is -0.164. The number of thiol groups is 1. The van der Waals surface area contributed by atoms with Crippen LogP contribution in [0.5, 0.6) is 0 Å². The molecule has 0 heterocycles. The SMILES string of the molecule is CCNC(=O)C(CS)NC. The molecule has 3 nitrogen and oxygen atoms in total. The third kappa shape index (κ3) is 3.08. The van der Waals surface area contributed by atoms with Crippen molar-refractivity contribution in [2.24, 2.45) is 0 Å². The first-order chi connectivity index (χ1) is 4.76. The zero-order chi connectivity index (χ0) is 7.98. The molecule has 2 N–H and O–H groups in total. The molecule has 0 aromatic rings. The number of carbonyl (C=O) groups excluding carboxylic acids is 1. The Kier molecular flexibility index (Phi) is 5.43. The van der Waals surface area contributed by atoms with Gasteiger partial charge in [0.05, 0.1) is 6.04 Å². The van der Waals surface area contributed by atoms with E-state index in [1.807, 2.05) is 6.92 Å². The van der Waals surface area contributed by atoms with Crippen LogP contribution in [0.1, 0.15) is 6.92 Å². The first-order valence-electron chi connectivity index (χ1n) is 3.32. The highest BCUT2D eigenvalue weighted by Gasteiger charge is 2.11. The molecule has 0 aliphatic carbocycles. The summed E-state index contributed by atoms with van der Waals surface area (Å²) in [6.45, 7) is 2.56. The Balaban J connectivity index is 3.65. The highest BCUT2D eigenvalue weighted by Crippen LogP contribution is 1.85. The Morgan fingerprint density at radius 3 is 2.60 bits per heavy atom. The molecule has 0 radical (unpaired) electrons. The van der Waals surface area contributed by atoms with E-state index >= 15 is 0 Å². The molecule has 0 aromatic heterocycles. The first-order valence-corrected chi connectivity index (χ1v) is 3.95. The van der Waals surface area contributed by atoms with Crippen molar-refractivity contribution >= 4 is 18.5 Å². The van der Waals surface area contributed by atoms with Gasteiger partial charge in [-0.25, -0.2) is 0 Å². The van der Waals surface area contributed by atoms with Crippen molar-refractivity contribution in [1.82, 2.24) is 10.6 Å². The molecule has 0 saturated carbocycles. The number of amides is 1. The molecule has 0 bridgehead atoms. The maximum Gasteiger partial charge on any atom is 0.237 e. The number of hydrogen-bond acceptors (Lipinski definition) is 3. The second-order valence-electron chi connectivity index (χ2n) is 1.92. The van der Waals surface area contributed by atoms with Crippen LogP contribution in [0, 0.1) is 0 Å². The number of carbonyl (C=O) groups is 1. The Morgan fingerprint density at radius 1 is 1.70 bits per heavy atom. The largest absolute Gasteiger partial charge is 0.355 e. The van der Waals surface area contributed by atoms with E-state index in [1.165, 1.54) is 0 Å². The van der Waals surface area contributed by atoms with E-state index in [1.54, 1.807) is 7.05 Å². The zero-order valence-corrected chi connectivity index (χ0v) is 7.24. The average Bonchev–Trinajstić information content (AvgIpc) is 1.91. The molecular weight excluding hydrogens is 148 g/mol. The van der Waals surface area contributed by atoms with Gasteiger partial charge in [-0.15, -0.1) is 0 Å². The Labute approximate surface area is 67.0 Å². The molecular formula is C6H14N2OS. The Bertz CT molecular complexity index is 104. The number of rotatable bonds is 4. The van der Waals surface area contributed by atoms with Gasteiger partial charge in [-0.1, -0.05) is 0 Å². The van der Waals surface area contributed by atoms with Gasteiger partial charge in [0.25, 0.3) is 0 Å². The molecule has 0 aliphatic rings. The lowest BCUT2D eigenvalue weighted by molar-refractivity contribution is -0.122. The second kappa shape index (κ2) is 5.56. The summed E-state index contributed by atoms with van der Waals surface area (Å²) in [6.07, 6.45) is 0. The molecule has 0 fully saturated rings. The van der Waals surface area contributed by atoms with Gasteiger partial charge in [-0.3, -0.25) is 4.79 Å². The van der Waals surface area contributed by atoms with Crippen LogP contribution in [0.3, 0.4) is 0 Å². The van der Waals surface area contributed by atoms with Gasteiger partial charge in [0.15, 0.2) is 0 Å². The van der Waals surface area contributed by atoms with Crippen molar-refractivity contribution in [1.29, 1.82) is 0 Å². The first kappa shape index (κ1) is 9.78. The van der Waals surface area contributed by atoms with E-state index in [-0.39, 0.29) is 11.9 Å². The van der Waals surface area contributed by atoms with Crippen molar-refractivity contribution in [2.75, 3.05) is 19.3 Å². The third-order valence-corrected chi connectivity index (χ3v) is 1.56. The van der Waals surface area contributed by atoms with E-state index in [0.29, 0.717) is 12.3 Å². The molecule has 1 atom stereocenters.